The van der Waals surface area contributed by atoms with E-state index in [4.69, 9.17) is 15.2 Å². The van der Waals surface area contributed by atoms with Crippen LogP contribution in [-0.4, -0.2) is 138 Å². The number of aldehydes is 1. The van der Waals surface area contributed by atoms with Crippen LogP contribution >= 0.6 is 0 Å². The number of aromatic amines is 1. The minimum Gasteiger partial charge on any atom is -0.350 e. The molecule has 0 unspecified atom stereocenters. The Morgan fingerprint density at radius 3 is 1.15 bits per heavy atom. The van der Waals surface area contributed by atoms with Crippen LogP contribution in [-0.2, 0) is 95.8 Å². The molecule has 31 nitrogen and oxygen atoms in total. The van der Waals surface area contributed by atoms with Gasteiger partial charge in [0.15, 0.2) is 6.29 Å². The van der Waals surface area contributed by atoms with Crippen LogP contribution in [0, 0.1) is 46.5 Å². The van der Waals surface area contributed by atoms with Crippen molar-refractivity contribution in [2.45, 2.75) is 45.6 Å². The Morgan fingerprint density at radius 1 is 0.405 bits per heavy atom. The molecule has 668 valence electrons. The number of pyridine rings is 6. The third-order valence-electron chi connectivity index (χ3n) is 22.4. The number of hydrogen-bond donors (Lipinski definition) is 4. The Kier molecular flexibility index (Phi) is 25.2. The second-order valence-electron chi connectivity index (χ2n) is 30.5. The molecule has 5 N–H and O–H groups in total. The highest BCUT2D eigenvalue weighted by Gasteiger charge is 2.25. The molecule has 1 amide bonds. The molecule has 12 aromatic heterocycles. The van der Waals surface area contributed by atoms with Crippen LogP contribution in [0.15, 0.2) is 224 Å². The van der Waals surface area contributed by atoms with Gasteiger partial charge in [-0.3, -0.25) is 61.7 Å². The molecule has 1 fully saturated rings. The predicted molar refractivity (Wildman–Crippen MR) is 479 cm³/mol. The minimum absolute atomic E-state index is 0.0209. The van der Waals surface area contributed by atoms with Gasteiger partial charge in [0.25, 0.3) is 39.3 Å². The maximum Gasteiger partial charge on any atom is 0.262 e. The highest BCUT2D eigenvalue weighted by molar-refractivity contribution is 6.08. The van der Waals surface area contributed by atoms with Crippen LogP contribution in [0.2, 0.25) is 0 Å². The number of aromatic nitrogens is 18. The molecule has 1 aliphatic heterocycles. The summed E-state index contributed by atoms with van der Waals surface area (Å²) in [6.07, 6.45) is 9.18. The van der Waals surface area contributed by atoms with Crippen molar-refractivity contribution in [1.29, 1.82) is 0 Å². The zero-order chi connectivity index (χ0) is 92.5. The van der Waals surface area contributed by atoms with E-state index in [0.29, 0.717) is 150 Å². The van der Waals surface area contributed by atoms with E-state index in [1.54, 1.807) is 118 Å². The first-order chi connectivity index (χ1) is 63.1. The number of amides is 1. The lowest BCUT2D eigenvalue weighted by Gasteiger charge is -2.15. The average molecular weight is 1790 g/mol. The van der Waals surface area contributed by atoms with E-state index in [0.717, 1.165) is 51.3 Å². The lowest BCUT2D eigenvalue weighted by atomic mass is 10.1. The van der Waals surface area contributed by atoms with Crippen molar-refractivity contribution in [3.8, 4) is 0 Å². The monoisotopic (exact) mass is 1790 g/mol. The van der Waals surface area contributed by atoms with Gasteiger partial charge in [-0.2, -0.15) is 30.6 Å². The summed E-state index contributed by atoms with van der Waals surface area (Å²) in [7, 11) is 10.5. The van der Waals surface area contributed by atoms with Gasteiger partial charge in [0.2, 0.25) is 0 Å². The van der Waals surface area contributed by atoms with Crippen molar-refractivity contribution in [1.82, 2.24) is 97.1 Å². The van der Waals surface area contributed by atoms with Crippen LogP contribution in [0.3, 0.4) is 0 Å². The second-order valence-corrected chi connectivity index (χ2v) is 30.5. The Hall–Kier alpha value is -15.7. The topological polar surface area (TPSA) is 352 Å². The first-order valence-electron chi connectivity index (χ1n) is 40.8. The molecule has 8 aromatic carbocycles. The summed E-state index contributed by atoms with van der Waals surface area (Å²) in [4.78, 5) is 100. The summed E-state index contributed by atoms with van der Waals surface area (Å²) in [5, 5.41) is 37.9. The first-order valence-corrected chi connectivity index (χ1v) is 40.8. The summed E-state index contributed by atoms with van der Waals surface area (Å²) in [6, 6.07) is 38.7. The third-order valence-corrected chi connectivity index (χ3v) is 22.4. The maximum atomic E-state index is 13.8. The molecule has 20 aromatic rings. The van der Waals surface area contributed by atoms with E-state index in [9.17, 15) is 73.5 Å². The fraction of sp³-hybridized carbons (Fsp3) is 0.196. The second kappa shape index (κ2) is 37.3. The van der Waals surface area contributed by atoms with E-state index < -0.39 is 41.3 Å². The van der Waals surface area contributed by atoms with Gasteiger partial charge in [0.1, 0.15) is 52.8 Å². The number of halogens is 8. The molecular weight excluding hydrogens is 1710 g/mol. The van der Waals surface area contributed by atoms with Crippen molar-refractivity contribution in [3.63, 3.8) is 0 Å². The standard InChI is InChI=1S/C20H15F3N4O2.C20H19FN4O.C15H14FN3O3.C13H13FN4O.C13H10FN3O2.C11H8FN3O/c1-26-18-14-5-3-12(22)9-17(14)27(20(29)15(18)10-25-26)7-6-24-19(28)13-4-2-11(21)8-16(13)23;1-24-19-16-8-7-15(21)11-18(16)25(20(26)17(19)13-23-24)10-9-22-12-14-5-3-2-4-6-14;1-18-14-10-3-2-9(16)6-12(10)19(8-13-21-4-5-22-13)15(20)11(14)7-17-18;1-17-12-9-3-2-8(14)6-11(9)18(5-4-15)13(19)10(12)7-16-17;1-16-12-9-3-2-8(14)6-11(9)17(4-5-18)13(19)10(12)7-15-16;1-15-10-7-3-2-6(12)4-9(7)14-11(16)8(10)5-13-15/h2-5,8-10H,6-7H2,1H3,(H,24,28);2-8,11,13,22H,9-10,12H2,1H3;2-3,6-7,13H,4-5,8H2,1H3;2-3,6-7H,4-5,15H2,1H3;2-3,5-7H,4H2,1H3;2-5H,1H3,(H,14,16). The molecule has 0 spiro atoms. The molecule has 1 aliphatic rings. The normalized spacial score (nSPS) is 12.2. The smallest absolute Gasteiger partial charge is 0.262 e. The van der Waals surface area contributed by atoms with Crippen LogP contribution in [0.25, 0.3) is 131 Å². The van der Waals surface area contributed by atoms with Crippen molar-refractivity contribution < 1.29 is 54.2 Å². The largest absolute Gasteiger partial charge is 0.350 e. The summed E-state index contributed by atoms with van der Waals surface area (Å²) >= 11 is 0. The number of benzene rings is 8. The van der Waals surface area contributed by atoms with Crippen LogP contribution in [0.5, 0.6) is 0 Å². The summed E-state index contributed by atoms with van der Waals surface area (Å²) in [5.74, 6) is -4.97. The number of hydrogen-bond acceptors (Lipinski definition) is 18. The average Bonchev–Trinajstić information content (AvgIpc) is 1.74. The van der Waals surface area contributed by atoms with Crippen LogP contribution in [0.4, 0.5) is 35.1 Å². The first kappa shape index (κ1) is 88.7. The van der Waals surface area contributed by atoms with E-state index in [2.05, 4.69) is 46.2 Å². The summed E-state index contributed by atoms with van der Waals surface area (Å²) in [5.41, 5.74) is 11.9. The molecule has 0 radical (unpaired) electrons. The van der Waals surface area contributed by atoms with Gasteiger partial charge in [-0.05, 0) is 127 Å². The lowest BCUT2D eigenvalue weighted by Crippen LogP contribution is -2.31. The van der Waals surface area contributed by atoms with Crippen molar-refractivity contribution in [3.05, 3.63) is 315 Å². The SMILES string of the molecule is Cn1ncc2c(=O)[nH]c3cc(F)ccc3c21.Cn1ncc2c(=O)n(CC3OCCO3)c3cc(F)ccc3c21.Cn1ncc2c(=O)n(CC=O)c3cc(F)ccc3c21.Cn1ncc2c(=O)n(CCN)c3cc(F)ccc3c21.Cn1ncc2c(=O)n(CCNC(=O)c3ccc(F)cc3F)c3cc(F)ccc3c21.Cn1ncc2c(=O)n(CCNCc3ccccc3)c3cc(F)ccc3c21. The Morgan fingerprint density at radius 2 is 0.740 bits per heavy atom. The Bertz CT molecular complexity index is 8310. The lowest BCUT2D eigenvalue weighted by molar-refractivity contribution is -0.108. The fourth-order valence-corrected chi connectivity index (χ4v) is 16.4. The predicted octanol–water partition coefficient (Wildman–Crippen LogP) is 10.7. The molecule has 0 saturated carbocycles. The number of H-pyrrole nitrogens is 1. The third kappa shape index (κ3) is 17.4. The van der Waals surface area contributed by atoms with Gasteiger partial charge < -0.3 is 58.5 Å². The number of ether oxygens (including phenoxy) is 2. The quantitative estimate of drug-likeness (QED) is 0.0421. The molecule has 131 heavy (non-hydrogen) atoms. The van der Waals surface area contributed by atoms with Crippen molar-refractivity contribution >= 4 is 143 Å². The van der Waals surface area contributed by atoms with Gasteiger partial charge in [0.05, 0.1) is 168 Å². The van der Waals surface area contributed by atoms with Crippen molar-refractivity contribution in [2.24, 2.45) is 48.0 Å². The number of fused-ring (bicyclic) bond motifs is 18. The fourth-order valence-electron chi connectivity index (χ4n) is 16.4. The van der Waals surface area contributed by atoms with E-state index >= 15 is 0 Å². The number of rotatable bonds is 15. The van der Waals surface area contributed by atoms with E-state index in [-0.39, 0.29) is 82.5 Å². The minimum atomic E-state index is -0.982. The Labute approximate surface area is 732 Å². The molecule has 13 heterocycles. The zero-order valence-corrected chi connectivity index (χ0v) is 70.7. The van der Waals surface area contributed by atoms with Crippen LogP contribution < -0.4 is 49.7 Å². The molecule has 0 aliphatic carbocycles. The van der Waals surface area contributed by atoms with Gasteiger partial charge >= 0.3 is 0 Å². The summed E-state index contributed by atoms with van der Waals surface area (Å²) < 4.78 is 136. The molecule has 0 bridgehead atoms. The molecule has 1 saturated heterocycles. The Balaban J connectivity index is 0.000000116. The number of carbonyl (C=O) groups is 2. The van der Waals surface area contributed by atoms with Gasteiger partial charge in [-0.15, -0.1) is 0 Å². The number of nitrogens with two attached hydrogens (primary N) is 1. The van der Waals surface area contributed by atoms with Crippen molar-refractivity contribution in [2.75, 3.05) is 32.8 Å². The highest BCUT2D eigenvalue weighted by atomic mass is 19.2. The number of nitrogens with zero attached hydrogens (tertiary/aromatic N) is 17. The maximum absolute atomic E-state index is 13.8. The highest BCUT2D eigenvalue weighted by Crippen LogP contribution is 2.30. The molecule has 39 heteroatoms. The molecule has 0 atom stereocenters. The number of carbonyl (C=O) groups excluding carboxylic acids is 2. The van der Waals surface area contributed by atoms with Gasteiger partial charge in [-0.1, -0.05) is 30.3 Å². The number of nitrogens with one attached hydrogen (secondary N) is 3. The molecular formula is C92H79F8N21O10. The van der Waals surface area contributed by atoms with E-state index in [1.165, 1.54) is 128 Å². The van der Waals surface area contributed by atoms with Crippen LogP contribution in [0.1, 0.15) is 15.9 Å². The number of aryl methyl sites for hydroxylation is 6. The van der Waals surface area contributed by atoms with E-state index in [1.807, 2.05) is 30.3 Å². The zero-order valence-electron chi connectivity index (χ0n) is 70.7. The van der Waals surface area contributed by atoms with Gasteiger partial charge in [-0.25, -0.2) is 35.1 Å². The van der Waals surface area contributed by atoms with Gasteiger partial charge in [0, 0.05) is 126 Å². The molecule has 21 rings (SSSR count). The summed E-state index contributed by atoms with van der Waals surface area (Å²) in [6.45, 7) is 3.57.